The second kappa shape index (κ2) is 8.78. The maximum atomic E-state index is 13.0. The molecular formula is C25H26N6O. The number of carbonyl (C=O) groups excluding carboxylic acids is 1. The third kappa shape index (κ3) is 4.06. The van der Waals surface area contributed by atoms with Gasteiger partial charge in [-0.2, -0.15) is 4.52 Å². The van der Waals surface area contributed by atoms with Crippen molar-refractivity contribution < 1.29 is 4.79 Å². The number of carbonyl (C=O) groups is 1. The van der Waals surface area contributed by atoms with E-state index >= 15 is 0 Å². The Kier molecular flexibility index (Phi) is 5.54. The Bertz CT molecular complexity index is 1200. The van der Waals surface area contributed by atoms with Gasteiger partial charge in [-0.3, -0.25) is 4.79 Å². The Morgan fingerprint density at radius 1 is 0.938 bits per heavy atom. The summed E-state index contributed by atoms with van der Waals surface area (Å²) in [6.07, 6.45) is 1.65. The van der Waals surface area contributed by atoms with Crippen LogP contribution in [0.1, 0.15) is 18.4 Å². The molecular weight excluding hydrogens is 400 g/mol. The maximum absolute atomic E-state index is 13.0. The first kappa shape index (κ1) is 20.2. The zero-order valence-corrected chi connectivity index (χ0v) is 18.1. The summed E-state index contributed by atoms with van der Waals surface area (Å²) in [4.78, 5) is 17.1. The fourth-order valence-electron chi connectivity index (χ4n) is 4.32. The van der Waals surface area contributed by atoms with Gasteiger partial charge < -0.3 is 9.80 Å². The second-order valence-electron chi connectivity index (χ2n) is 8.29. The van der Waals surface area contributed by atoms with E-state index < -0.39 is 0 Å². The van der Waals surface area contributed by atoms with Crippen molar-refractivity contribution in [2.24, 2.45) is 5.92 Å². The van der Waals surface area contributed by atoms with Crippen LogP contribution in [0.25, 0.3) is 17.0 Å². The van der Waals surface area contributed by atoms with Crippen LogP contribution in [-0.4, -0.2) is 50.8 Å². The molecule has 7 nitrogen and oxygen atoms in total. The van der Waals surface area contributed by atoms with Gasteiger partial charge >= 0.3 is 0 Å². The molecule has 0 N–H and O–H groups in total. The van der Waals surface area contributed by atoms with Gasteiger partial charge in [-0.1, -0.05) is 60.7 Å². The van der Waals surface area contributed by atoms with Gasteiger partial charge in [0.25, 0.3) is 0 Å². The summed E-state index contributed by atoms with van der Waals surface area (Å²) in [7, 11) is 1.90. The van der Waals surface area contributed by atoms with E-state index in [-0.39, 0.29) is 11.8 Å². The summed E-state index contributed by atoms with van der Waals surface area (Å²) in [5.41, 5.74) is 2.86. The molecule has 1 amide bonds. The number of benzene rings is 2. The van der Waals surface area contributed by atoms with Crippen molar-refractivity contribution in [2.45, 2.75) is 19.4 Å². The Balaban J connectivity index is 1.26. The highest BCUT2D eigenvalue weighted by Gasteiger charge is 2.28. The van der Waals surface area contributed by atoms with Gasteiger partial charge in [0.1, 0.15) is 5.82 Å². The number of fused-ring (bicyclic) bond motifs is 1. The van der Waals surface area contributed by atoms with Crippen LogP contribution >= 0.6 is 0 Å². The third-order valence-corrected chi connectivity index (χ3v) is 6.09. The second-order valence-corrected chi connectivity index (χ2v) is 8.29. The minimum atomic E-state index is 0.0542. The highest BCUT2D eigenvalue weighted by atomic mass is 16.2. The number of hydrogen-bond donors (Lipinski definition) is 0. The SMILES string of the molecule is CN(Cc1ccccc1)C(=O)C1CCN(c2ccc3nnc(-c4ccccc4)n3n2)CC1. The van der Waals surface area contributed by atoms with Gasteiger partial charge in [0.2, 0.25) is 5.91 Å². The summed E-state index contributed by atoms with van der Waals surface area (Å²) in [5, 5.41) is 13.4. The maximum Gasteiger partial charge on any atom is 0.225 e. The van der Waals surface area contributed by atoms with Crippen molar-refractivity contribution in [3.05, 3.63) is 78.4 Å². The number of amides is 1. The molecule has 1 aliphatic rings. The van der Waals surface area contributed by atoms with Crippen molar-refractivity contribution in [3.8, 4) is 11.4 Å². The molecule has 3 heterocycles. The number of hydrogen-bond acceptors (Lipinski definition) is 5. The normalized spacial score (nSPS) is 14.6. The molecule has 162 valence electrons. The van der Waals surface area contributed by atoms with Crippen LogP contribution in [0.3, 0.4) is 0 Å². The first-order chi connectivity index (χ1) is 15.7. The zero-order valence-electron chi connectivity index (χ0n) is 18.1. The van der Waals surface area contributed by atoms with Gasteiger partial charge in [-0.15, -0.1) is 15.3 Å². The van der Waals surface area contributed by atoms with Crippen LogP contribution in [-0.2, 0) is 11.3 Å². The first-order valence-corrected chi connectivity index (χ1v) is 11.0. The van der Waals surface area contributed by atoms with Gasteiger partial charge in [0, 0.05) is 38.2 Å². The van der Waals surface area contributed by atoms with E-state index in [1.54, 1.807) is 4.52 Å². The smallest absolute Gasteiger partial charge is 0.225 e. The predicted octanol–water partition coefficient (Wildman–Crippen LogP) is 3.67. The summed E-state index contributed by atoms with van der Waals surface area (Å²) in [6.45, 7) is 2.25. The summed E-state index contributed by atoms with van der Waals surface area (Å²) in [6, 6.07) is 24.0. The molecule has 0 unspecified atom stereocenters. The lowest BCUT2D eigenvalue weighted by Crippen LogP contribution is -2.41. The van der Waals surface area contributed by atoms with Gasteiger partial charge in [0.05, 0.1) is 0 Å². The summed E-state index contributed by atoms with van der Waals surface area (Å²) >= 11 is 0. The molecule has 5 rings (SSSR count). The number of anilines is 1. The minimum absolute atomic E-state index is 0.0542. The highest BCUT2D eigenvalue weighted by molar-refractivity contribution is 5.79. The van der Waals surface area contributed by atoms with E-state index in [0.29, 0.717) is 6.54 Å². The lowest BCUT2D eigenvalue weighted by molar-refractivity contribution is -0.135. The molecule has 0 radical (unpaired) electrons. The van der Waals surface area contributed by atoms with Crippen molar-refractivity contribution in [1.29, 1.82) is 0 Å². The Morgan fingerprint density at radius 2 is 1.62 bits per heavy atom. The van der Waals surface area contributed by atoms with Crippen LogP contribution in [0.5, 0.6) is 0 Å². The lowest BCUT2D eigenvalue weighted by Gasteiger charge is -2.33. The van der Waals surface area contributed by atoms with Crippen LogP contribution in [0, 0.1) is 5.92 Å². The third-order valence-electron chi connectivity index (χ3n) is 6.09. The van der Waals surface area contributed by atoms with Crippen LogP contribution in [0.15, 0.2) is 72.8 Å². The zero-order chi connectivity index (χ0) is 21.9. The van der Waals surface area contributed by atoms with Crippen molar-refractivity contribution in [2.75, 3.05) is 25.0 Å². The molecule has 0 atom stereocenters. The molecule has 0 saturated carbocycles. The van der Waals surface area contributed by atoms with E-state index in [1.165, 1.54) is 0 Å². The quantitative estimate of drug-likeness (QED) is 0.487. The van der Waals surface area contributed by atoms with Crippen LogP contribution in [0.2, 0.25) is 0 Å². The van der Waals surface area contributed by atoms with E-state index in [0.717, 1.165) is 54.3 Å². The Labute approximate surface area is 187 Å². The van der Waals surface area contributed by atoms with E-state index in [1.807, 2.05) is 72.6 Å². The molecule has 0 aliphatic carbocycles. The van der Waals surface area contributed by atoms with Gasteiger partial charge in [-0.05, 0) is 30.5 Å². The van der Waals surface area contributed by atoms with Crippen molar-refractivity contribution in [1.82, 2.24) is 24.7 Å². The van der Waals surface area contributed by atoms with E-state index in [2.05, 4.69) is 27.2 Å². The monoisotopic (exact) mass is 426 g/mol. The molecule has 2 aromatic carbocycles. The van der Waals surface area contributed by atoms with E-state index in [4.69, 9.17) is 5.10 Å². The Morgan fingerprint density at radius 3 is 2.34 bits per heavy atom. The average Bonchev–Trinajstić information content (AvgIpc) is 3.28. The first-order valence-electron chi connectivity index (χ1n) is 11.0. The molecule has 4 aromatic rings. The highest BCUT2D eigenvalue weighted by Crippen LogP contribution is 2.25. The van der Waals surface area contributed by atoms with E-state index in [9.17, 15) is 4.79 Å². The molecule has 1 fully saturated rings. The topological polar surface area (TPSA) is 66.6 Å². The lowest BCUT2D eigenvalue weighted by atomic mass is 9.95. The Hall–Kier alpha value is -3.74. The molecule has 7 heteroatoms. The fraction of sp³-hybridized carbons (Fsp3) is 0.280. The number of nitrogens with zero attached hydrogens (tertiary/aromatic N) is 6. The predicted molar refractivity (Wildman–Crippen MR) is 124 cm³/mol. The van der Waals surface area contributed by atoms with Gasteiger partial charge in [0.15, 0.2) is 11.5 Å². The summed E-state index contributed by atoms with van der Waals surface area (Å²) in [5.74, 6) is 1.90. The van der Waals surface area contributed by atoms with Crippen molar-refractivity contribution >= 4 is 17.4 Å². The summed E-state index contributed by atoms with van der Waals surface area (Å²) < 4.78 is 1.80. The molecule has 1 aliphatic heterocycles. The minimum Gasteiger partial charge on any atom is -0.355 e. The fourth-order valence-corrected chi connectivity index (χ4v) is 4.32. The molecule has 0 spiro atoms. The van der Waals surface area contributed by atoms with Crippen molar-refractivity contribution in [3.63, 3.8) is 0 Å². The largest absolute Gasteiger partial charge is 0.355 e. The molecule has 0 bridgehead atoms. The molecule has 1 saturated heterocycles. The van der Waals surface area contributed by atoms with Crippen LogP contribution < -0.4 is 4.90 Å². The number of aromatic nitrogens is 4. The molecule has 2 aromatic heterocycles. The van der Waals surface area contributed by atoms with Crippen LogP contribution in [0.4, 0.5) is 5.82 Å². The average molecular weight is 427 g/mol. The number of rotatable bonds is 5. The van der Waals surface area contributed by atoms with Gasteiger partial charge in [-0.25, -0.2) is 0 Å². The number of piperidine rings is 1. The standard InChI is InChI=1S/C25H26N6O/c1-29(18-19-8-4-2-5-9-19)25(32)21-14-16-30(17-15-21)23-13-12-22-26-27-24(31(22)28-23)20-10-6-3-7-11-20/h2-13,21H,14-18H2,1H3. The molecule has 32 heavy (non-hydrogen) atoms.